The summed E-state index contributed by atoms with van der Waals surface area (Å²) in [6, 6.07) is 3.19. The Morgan fingerprint density at radius 1 is 1.47 bits per heavy atom. The molecule has 0 bridgehead atoms. The zero-order chi connectivity index (χ0) is 12.5. The van der Waals surface area contributed by atoms with Crippen molar-refractivity contribution in [1.82, 2.24) is 9.97 Å². The molecule has 2 aromatic rings. The van der Waals surface area contributed by atoms with Crippen LogP contribution in [0.15, 0.2) is 33.5 Å². The summed E-state index contributed by atoms with van der Waals surface area (Å²) in [4.78, 5) is 16.9. The number of thiazole rings is 1. The molecule has 0 radical (unpaired) electrons. The summed E-state index contributed by atoms with van der Waals surface area (Å²) in [6.07, 6.45) is 2.93. The van der Waals surface area contributed by atoms with Gasteiger partial charge in [-0.05, 0) is 19.1 Å². The predicted octanol–water partition coefficient (Wildman–Crippen LogP) is 0.941. The number of anilines is 1. The average Bonchev–Trinajstić information content (AvgIpc) is 2.59. The van der Waals surface area contributed by atoms with Gasteiger partial charge in [-0.25, -0.2) is 8.42 Å². The van der Waals surface area contributed by atoms with E-state index in [2.05, 4.69) is 14.7 Å². The number of nitrogens with zero attached hydrogens (tertiary/aromatic N) is 1. The Kier molecular flexibility index (Phi) is 2.99. The minimum atomic E-state index is -3.73. The lowest BCUT2D eigenvalue weighted by atomic mass is 10.4. The number of sulfonamides is 1. The average molecular weight is 271 g/mol. The fourth-order valence-corrected chi connectivity index (χ4v) is 3.62. The van der Waals surface area contributed by atoms with Crippen LogP contribution in [0.5, 0.6) is 0 Å². The van der Waals surface area contributed by atoms with Crippen molar-refractivity contribution in [1.29, 1.82) is 0 Å². The van der Waals surface area contributed by atoms with Gasteiger partial charge in [0, 0.05) is 11.9 Å². The zero-order valence-corrected chi connectivity index (χ0v) is 10.4. The quantitative estimate of drug-likeness (QED) is 0.869. The molecule has 0 saturated carbocycles. The van der Waals surface area contributed by atoms with Gasteiger partial charge in [0.1, 0.15) is 0 Å². The van der Waals surface area contributed by atoms with Crippen LogP contribution in [0.1, 0.15) is 5.69 Å². The van der Waals surface area contributed by atoms with Crippen LogP contribution in [-0.4, -0.2) is 18.4 Å². The van der Waals surface area contributed by atoms with Gasteiger partial charge in [-0.1, -0.05) is 11.3 Å². The van der Waals surface area contributed by atoms with Crippen LogP contribution in [0.25, 0.3) is 0 Å². The van der Waals surface area contributed by atoms with Gasteiger partial charge in [-0.3, -0.25) is 14.5 Å². The van der Waals surface area contributed by atoms with Crippen molar-refractivity contribution in [3.8, 4) is 0 Å². The highest BCUT2D eigenvalue weighted by Gasteiger charge is 2.20. The van der Waals surface area contributed by atoms with E-state index >= 15 is 0 Å². The van der Waals surface area contributed by atoms with Crippen LogP contribution in [0, 0.1) is 6.92 Å². The van der Waals surface area contributed by atoms with Crippen molar-refractivity contribution in [2.75, 3.05) is 4.72 Å². The summed E-state index contributed by atoms with van der Waals surface area (Å²) >= 11 is 0.659. The molecule has 2 heterocycles. The van der Waals surface area contributed by atoms with E-state index in [9.17, 15) is 13.2 Å². The van der Waals surface area contributed by atoms with Gasteiger partial charge in [-0.15, -0.1) is 0 Å². The molecular weight excluding hydrogens is 262 g/mol. The third kappa shape index (κ3) is 2.53. The van der Waals surface area contributed by atoms with Crippen molar-refractivity contribution in [2.24, 2.45) is 0 Å². The topological polar surface area (TPSA) is 91.9 Å². The van der Waals surface area contributed by atoms with E-state index in [1.165, 1.54) is 19.3 Å². The maximum atomic E-state index is 11.9. The molecule has 0 atom stereocenters. The molecule has 0 spiro atoms. The van der Waals surface area contributed by atoms with Gasteiger partial charge < -0.3 is 4.98 Å². The van der Waals surface area contributed by atoms with E-state index in [0.29, 0.717) is 22.7 Å². The zero-order valence-electron chi connectivity index (χ0n) is 8.80. The molecular formula is C9H9N3O3S2. The maximum absolute atomic E-state index is 11.9. The van der Waals surface area contributed by atoms with Crippen LogP contribution in [0.3, 0.4) is 0 Å². The Bertz CT molecular complexity index is 673. The summed E-state index contributed by atoms with van der Waals surface area (Å²) in [5.41, 5.74) is 0.684. The number of H-pyrrole nitrogens is 1. The highest BCUT2D eigenvalue weighted by atomic mass is 32.2. The van der Waals surface area contributed by atoms with E-state index in [1.807, 2.05) is 0 Å². The molecule has 6 nitrogen and oxygen atoms in total. The largest absolute Gasteiger partial charge is 0.315 e. The van der Waals surface area contributed by atoms with Gasteiger partial charge in [0.05, 0.1) is 11.9 Å². The fraction of sp³-hybridized carbons (Fsp3) is 0.111. The molecule has 17 heavy (non-hydrogen) atoms. The van der Waals surface area contributed by atoms with Crippen LogP contribution in [-0.2, 0) is 10.0 Å². The Labute approximate surface area is 101 Å². The van der Waals surface area contributed by atoms with Gasteiger partial charge in [0.15, 0.2) is 4.21 Å². The summed E-state index contributed by atoms with van der Waals surface area (Å²) in [6.45, 7) is 1.54. The molecule has 0 saturated heterocycles. The molecule has 2 aromatic heterocycles. The highest BCUT2D eigenvalue weighted by molar-refractivity contribution is 7.94. The minimum Gasteiger partial charge on any atom is -0.315 e. The number of pyridine rings is 1. The van der Waals surface area contributed by atoms with Crippen LogP contribution in [0.4, 0.5) is 5.69 Å². The number of hydrogen-bond acceptors (Lipinski definition) is 5. The molecule has 0 unspecified atom stereocenters. The summed E-state index contributed by atoms with van der Waals surface area (Å²) < 4.78 is 26.2. The molecule has 8 heteroatoms. The first-order chi connectivity index (χ1) is 7.99. The monoisotopic (exact) mass is 271 g/mol. The first kappa shape index (κ1) is 11.8. The number of rotatable bonds is 3. The Hall–Kier alpha value is -1.67. The normalized spacial score (nSPS) is 11.4. The molecule has 0 aliphatic heterocycles. The number of aromatic amines is 1. The first-order valence-electron chi connectivity index (χ1n) is 4.61. The summed E-state index contributed by atoms with van der Waals surface area (Å²) in [5.74, 6) is 0. The minimum absolute atomic E-state index is 0.00801. The summed E-state index contributed by atoms with van der Waals surface area (Å²) in [5, 5.41) is 0. The van der Waals surface area contributed by atoms with Gasteiger partial charge in [0.25, 0.3) is 10.0 Å². The number of hydrogen-bond donors (Lipinski definition) is 2. The number of aromatic nitrogens is 2. The first-order valence-corrected chi connectivity index (χ1v) is 6.91. The molecule has 0 aliphatic rings. The highest BCUT2D eigenvalue weighted by Crippen LogP contribution is 2.19. The molecule has 0 aromatic carbocycles. The van der Waals surface area contributed by atoms with Crippen molar-refractivity contribution in [2.45, 2.75) is 11.1 Å². The van der Waals surface area contributed by atoms with Gasteiger partial charge in [0.2, 0.25) is 0 Å². The molecule has 0 aliphatic carbocycles. The summed E-state index contributed by atoms with van der Waals surface area (Å²) in [7, 11) is -3.73. The van der Waals surface area contributed by atoms with E-state index in [4.69, 9.17) is 0 Å². The predicted molar refractivity (Wildman–Crippen MR) is 64.7 cm³/mol. The Morgan fingerprint density at radius 2 is 2.24 bits per heavy atom. The van der Waals surface area contributed by atoms with Gasteiger partial charge >= 0.3 is 4.87 Å². The Balaban J connectivity index is 2.38. The van der Waals surface area contributed by atoms with Crippen LogP contribution < -0.4 is 9.60 Å². The van der Waals surface area contributed by atoms with Crippen molar-refractivity contribution in [3.63, 3.8) is 0 Å². The lowest BCUT2D eigenvalue weighted by Crippen LogP contribution is -2.12. The SMILES string of the molecule is Cc1[nH]c(=O)sc1S(=O)(=O)Nc1cccnc1. The van der Waals surface area contributed by atoms with Crippen molar-refractivity contribution < 1.29 is 8.42 Å². The second-order valence-corrected chi connectivity index (χ2v) is 6.14. The van der Waals surface area contributed by atoms with E-state index in [1.54, 1.807) is 12.1 Å². The molecule has 0 amide bonds. The second kappa shape index (κ2) is 4.30. The third-order valence-corrected chi connectivity index (χ3v) is 4.93. The molecule has 0 fully saturated rings. The van der Waals surface area contributed by atoms with E-state index in [0.717, 1.165) is 0 Å². The standard InChI is InChI=1S/C9H9N3O3S2/c1-6-8(16-9(13)11-6)17(14,15)12-7-3-2-4-10-5-7/h2-5,12H,1H3,(H,11,13). The van der Waals surface area contributed by atoms with Crippen molar-refractivity contribution in [3.05, 3.63) is 39.9 Å². The second-order valence-electron chi connectivity index (χ2n) is 3.27. The van der Waals surface area contributed by atoms with Crippen LogP contribution in [0.2, 0.25) is 0 Å². The molecule has 2 N–H and O–H groups in total. The maximum Gasteiger partial charge on any atom is 0.306 e. The van der Waals surface area contributed by atoms with Crippen molar-refractivity contribution >= 4 is 27.0 Å². The van der Waals surface area contributed by atoms with Crippen LogP contribution >= 0.6 is 11.3 Å². The smallest absolute Gasteiger partial charge is 0.306 e. The third-order valence-electron chi connectivity index (χ3n) is 1.94. The lowest BCUT2D eigenvalue weighted by Gasteiger charge is -2.05. The number of nitrogens with one attached hydrogen (secondary N) is 2. The Morgan fingerprint density at radius 3 is 2.76 bits per heavy atom. The molecule has 2 rings (SSSR count). The number of aryl methyl sites for hydroxylation is 1. The lowest BCUT2D eigenvalue weighted by molar-refractivity contribution is 0.602. The van der Waals surface area contributed by atoms with E-state index in [-0.39, 0.29) is 4.21 Å². The van der Waals surface area contributed by atoms with Gasteiger partial charge in [-0.2, -0.15) is 0 Å². The fourth-order valence-electron chi connectivity index (χ4n) is 1.27. The van der Waals surface area contributed by atoms with E-state index < -0.39 is 14.9 Å². The molecule has 90 valence electrons.